The monoisotopic (exact) mass is 398 g/mol. The number of nitro groups is 1. The fourth-order valence-electron chi connectivity index (χ4n) is 3.37. The molecule has 1 N–H and O–H groups in total. The molecule has 0 saturated carbocycles. The molecule has 0 spiro atoms. The summed E-state index contributed by atoms with van der Waals surface area (Å²) in [6, 6.07) is 11.5. The summed E-state index contributed by atoms with van der Waals surface area (Å²) in [6.07, 6.45) is -0.701. The molecule has 9 heteroatoms. The third-order valence-corrected chi connectivity index (χ3v) is 4.65. The molecule has 0 fully saturated rings. The van der Waals surface area contributed by atoms with E-state index in [0.29, 0.717) is 0 Å². The van der Waals surface area contributed by atoms with Crippen LogP contribution in [0, 0.1) is 10.1 Å². The average molecular weight is 398 g/mol. The van der Waals surface area contributed by atoms with E-state index in [1.165, 1.54) is 30.3 Å². The van der Waals surface area contributed by atoms with E-state index in [9.17, 15) is 29.6 Å². The Labute approximate surface area is 165 Å². The predicted molar refractivity (Wildman–Crippen MR) is 101 cm³/mol. The number of rotatable bonds is 7. The van der Waals surface area contributed by atoms with E-state index in [-0.39, 0.29) is 23.4 Å². The highest BCUT2D eigenvalue weighted by Crippen LogP contribution is 2.43. The minimum absolute atomic E-state index is 0.128. The Morgan fingerprint density at radius 1 is 1.17 bits per heavy atom. The number of esters is 1. The average Bonchev–Trinajstić information content (AvgIpc) is 2.90. The fraction of sp³-hybridized carbons (Fsp3) is 0.250. The van der Waals surface area contributed by atoms with Crippen molar-refractivity contribution < 1.29 is 29.2 Å². The van der Waals surface area contributed by atoms with Gasteiger partial charge in [0.25, 0.3) is 11.6 Å². The lowest BCUT2D eigenvalue weighted by Crippen LogP contribution is -2.44. The predicted octanol–water partition coefficient (Wildman–Crippen LogP) is 1.97. The number of ketones is 1. The third-order valence-electron chi connectivity index (χ3n) is 4.65. The van der Waals surface area contributed by atoms with Crippen LogP contribution in [-0.4, -0.2) is 40.8 Å². The van der Waals surface area contributed by atoms with E-state index in [4.69, 9.17) is 4.74 Å². The summed E-state index contributed by atoms with van der Waals surface area (Å²) < 4.78 is 4.87. The first-order chi connectivity index (χ1) is 13.8. The number of anilines is 1. The zero-order chi connectivity index (χ0) is 21.2. The topological polar surface area (TPSA) is 127 Å². The molecular weight excluding hydrogens is 380 g/mol. The molecule has 2 aromatic rings. The zero-order valence-corrected chi connectivity index (χ0v) is 15.5. The number of carbonyl (C=O) groups is 3. The molecule has 1 atom stereocenters. The van der Waals surface area contributed by atoms with Crippen molar-refractivity contribution in [3.63, 3.8) is 0 Å². The van der Waals surface area contributed by atoms with E-state index >= 15 is 0 Å². The van der Waals surface area contributed by atoms with Crippen LogP contribution in [0.5, 0.6) is 0 Å². The van der Waals surface area contributed by atoms with Gasteiger partial charge in [0.1, 0.15) is 6.54 Å². The van der Waals surface area contributed by atoms with Crippen molar-refractivity contribution in [3.8, 4) is 0 Å². The van der Waals surface area contributed by atoms with Gasteiger partial charge in [-0.05, 0) is 19.1 Å². The minimum atomic E-state index is -2.25. The maximum Gasteiger partial charge on any atom is 0.326 e. The van der Waals surface area contributed by atoms with Crippen LogP contribution in [0.2, 0.25) is 0 Å². The molecule has 2 aromatic carbocycles. The van der Waals surface area contributed by atoms with Gasteiger partial charge in [0, 0.05) is 11.6 Å². The molecule has 0 bridgehead atoms. The van der Waals surface area contributed by atoms with Crippen LogP contribution in [0.15, 0.2) is 48.5 Å². The number of hydrogen-bond donors (Lipinski definition) is 1. The Morgan fingerprint density at radius 3 is 2.52 bits per heavy atom. The Balaban J connectivity index is 1.97. The molecule has 1 unspecified atom stereocenters. The van der Waals surface area contributed by atoms with Crippen LogP contribution < -0.4 is 4.90 Å². The van der Waals surface area contributed by atoms with Crippen LogP contribution in [-0.2, 0) is 19.9 Å². The number of ether oxygens (including phenoxy) is 1. The SMILES string of the molecule is CCOC(=O)CN1C(=O)C(O)(CC(=O)c2ccccc2[N+](=O)[O-])c2ccccc21. The Hall–Kier alpha value is -3.59. The van der Waals surface area contributed by atoms with Crippen molar-refractivity contribution in [3.05, 3.63) is 69.8 Å². The number of Topliss-reactive ketones (excluding diaryl/α,β-unsaturated/α-hetero) is 1. The van der Waals surface area contributed by atoms with Gasteiger partial charge in [0.15, 0.2) is 11.4 Å². The number of hydrogen-bond acceptors (Lipinski definition) is 7. The quantitative estimate of drug-likeness (QED) is 0.327. The van der Waals surface area contributed by atoms with Gasteiger partial charge < -0.3 is 9.84 Å². The molecular formula is C20H18N2O7. The summed E-state index contributed by atoms with van der Waals surface area (Å²) in [5.74, 6) is -2.29. The summed E-state index contributed by atoms with van der Waals surface area (Å²) in [4.78, 5) is 49.2. The number of fused-ring (bicyclic) bond motifs is 1. The van der Waals surface area contributed by atoms with Crippen molar-refractivity contribution >= 4 is 29.0 Å². The molecule has 1 aliphatic heterocycles. The lowest BCUT2D eigenvalue weighted by molar-refractivity contribution is -0.385. The second kappa shape index (κ2) is 7.80. The van der Waals surface area contributed by atoms with Crippen LogP contribution in [0.1, 0.15) is 29.3 Å². The first-order valence-corrected chi connectivity index (χ1v) is 8.85. The molecule has 29 heavy (non-hydrogen) atoms. The summed E-state index contributed by atoms with van der Waals surface area (Å²) in [5.41, 5.74) is -2.43. The second-order valence-corrected chi connectivity index (χ2v) is 6.45. The Kier molecular flexibility index (Phi) is 5.42. The molecule has 1 aliphatic rings. The smallest absolute Gasteiger partial charge is 0.326 e. The molecule has 0 radical (unpaired) electrons. The van der Waals surface area contributed by atoms with Gasteiger partial charge in [-0.2, -0.15) is 0 Å². The van der Waals surface area contributed by atoms with E-state index < -0.39 is 46.8 Å². The molecule has 0 aliphatic carbocycles. The molecule has 3 rings (SSSR count). The van der Waals surface area contributed by atoms with Crippen molar-refractivity contribution in [2.45, 2.75) is 18.9 Å². The summed E-state index contributed by atoms with van der Waals surface area (Å²) in [6.45, 7) is 1.33. The van der Waals surface area contributed by atoms with Crippen LogP contribution in [0.4, 0.5) is 11.4 Å². The van der Waals surface area contributed by atoms with Crippen molar-refractivity contribution in [1.82, 2.24) is 0 Å². The van der Waals surface area contributed by atoms with E-state index in [1.807, 2.05) is 0 Å². The minimum Gasteiger partial charge on any atom is -0.465 e. The largest absolute Gasteiger partial charge is 0.465 e. The van der Waals surface area contributed by atoms with E-state index in [2.05, 4.69) is 0 Å². The molecule has 9 nitrogen and oxygen atoms in total. The summed E-state index contributed by atoms with van der Waals surface area (Å²) in [5, 5.41) is 22.4. The fourth-order valence-corrected chi connectivity index (χ4v) is 3.37. The molecule has 1 heterocycles. The second-order valence-electron chi connectivity index (χ2n) is 6.45. The van der Waals surface area contributed by atoms with Gasteiger partial charge in [-0.3, -0.25) is 29.4 Å². The number of benzene rings is 2. The molecule has 0 aromatic heterocycles. The maximum absolute atomic E-state index is 13.0. The van der Waals surface area contributed by atoms with Gasteiger partial charge in [0.2, 0.25) is 0 Å². The first-order valence-electron chi connectivity index (χ1n) is 8.85. The van der Waals surface area contributed by atoms with Gasteiger partial charge in [-0.1, -0.05) is 30.3 Å². The van der Waals surface area contributed by atoms with E-state index in [1.54, 1.807) is 25.1 Å². The van der Waals surface area contributed by atoms with Crippen molar-refractivity contribution in [1.29, 1.82) is 0 Å². The molecule has 1 amide bonds. The van der Waals surface area contributed by atoms with Gasteiger partial charge in [-0.25, -0.2) is 0 Å². The molecule has 150 valence electrons. The van der Waals surface area contributed by atoms with Crippen molar-refractivity contribution in [2.24, 2.45) is 0 Å². The number of para-hydroxylation sites is 2. The Bertz CT molecular complexity index is 1000. The highest BCUT2D eigenvalue weighted by atomic mass is 16.6. The van der Waals surface area contributed by atoms with Crippen LogP contribution in [0.25, 0.3) is 0 Å². The van der Waals surface area contributed by atoms with Crippen LogP contribution >= 0.6 is 0 Å². The molecule has 0 saturated heterocycles. The van der Waals surface area contributed by atoms with Gasteiger partial charge >= 0.3 is 5.97 Å². The first kappa shape index (κ1) is 20.2. The van der Waals surface area contributed by atoms with Gasteiger partial charge in [-0.15, -0.1) is 0 Å². The highest BCUT2D eigenvalue weighted by molar-refractivity contribution is 6.12. The number of nitro benzene ring substituents is 1. The zero-order valence-electron chi connectivity index (χ0n) is 15.5. The summed E-state index contributed by atoms with van der Waals surface area (Å²) >= 11 is 0. The van der Waals surface area contributed by atoms with E-state index in [0.717, 1.165) is 4.90 Å². The lowest BCUT2D eigenvalue weighted by Gasteiger charge is -2.22. The number of nitrogens with zero attached hydrogens (tertiary/aromatic N) is 2. The standard InChI is InChI=1S/C20H18N2O7/c1-2-29-18(24)12-21-16-10-6-4-8-14(16)20(26,19(21)25)11-17(23)13-7-3-5-9-15(13)22(27)28/h3-10,26H,2,11-12H2,1H3. The number of carbonyl (C=O) groups excluding carboxylic acids is 3. The maximum atomic E-state index is 13.0. The Morgan fingerprint density at radius 2 is 1.83 bits per heavy atom. The normalized spacial score (nSPS) is 17.7. The lowest BCUT2D eigenvalue weighted by atomic mass is 9.88. The number of aliphatic hydroxyl groups is 1. The summed E-state index contributed by atoms with van der Waals surface area (Å²) in [7, 11) is 0. The van der Waals surface area contributed by atoms with Crippen LogP contribution in [0.3, 0.4) is 0 Å². The number of amides is 1. The highest BCUT2D eigenvalue weighted by Gasteiger charge is 2.51. The van der Waals surface area contributed by atoms with Gasteiger partial charge in [0.05, 0.1) is 29.2 Å². The third kappa shape index (κ3) is 3.59. The van der Waals surface area contributed by atoms with Crippen molar-refractivity contribution in [2.75, 3.05) is 18.1 Å².